The summed E-state index contributed by atoms with van der Waals surface area (Å²) < 4.78 is 5.68. The highest BCUT2D eigenvalue weighted by atomic mass is 16.5. The van der Waals surface area contributed by atoms with E-state index in [4.69, 9.17) is 4.74 Å². The first-order chi connectivity index (χ1) is 7.87. The number of rotatable bonds is 1. The molecular formula is C16H28O. The third-order valence-electron chi connectivity index (χ3n) is 3.86. The third kappa shape index (κ3) is 5.08. The van der Waals surface area contributed by atoms with Crippen molar-refractivity contribution < 1.29 is 4.74 Å². The summed E-state index contributed by atoms with van der Waals surface area (Å²) in [5.41, 5.74) is 1.80. The van der Waals surface area contributed by atoms with Crippen LogP contribution in [0.3, 0.4) is 0 Å². The van der Waals surface area contributed by atoms with Gasteiger partial charge in [0.2, 0.25) is 0 Å². The third-order valence-corrected chi connectivity index (χ3v) is 3.86. The monoisotopic (exact) mass is 236 g/mol. The van der Waals surface area contributed by atoms with E-state index in [0.717, 1.165) is 19.3 Å². The zero-order chi connectivity index (χ0) is 12.9. The van der Waals surface area contributed by atoms with Crippen molar-refractivity contribution in [1.29, 1.82) is 0 Å². The SMILES string of the molecule is COC1(C)C/C=C\C(C)(C)C/C=C(/C)CCC1. The van der Waals surface area contributed by atoms with Crippen molar-refractivity contribution in [2.75, 3.05) is 7.11 Å². The summed E-state index contributed by atoms with van der Waals surface area (Å²) in [6.45, 7) is 9.08. The highest BCUT2D eigenvalue weighted by Crippen LogP contribution is 2.29. The second-order valence-electron chi connectivity index (χ2n) is 6.36. The van der Waals surface area contributed by atoms with Gasteiger partial charge in [-0.15, -0.1) is 0 Å². The molecule has 0 saturated heterocycles. The highest BCUT2D eigenvalue weighted by Gasteiger charge is 2.22. The van der Waals surface area contributed by atoms with Crippen LogP contribution in [0, 0.1) is 5.41 Å². The number of methoxy groups -OCH3 is 1. The van der Waals surface area contributed by atoms with Gasteiger partial charge in [-0.1, -0.05) is 37.6 Å². The van der Waals surface area contributed by atoms with E-state index >= 15 is 0 Å². The van der Waals surface area contributed by atoms with Crippen molar-refractivity contribution >= 4 is 0 Å². The molecule has 1 aliphatic carbocycles. The van der Waals surface area contributed by atoms with Gasteiger partial charge in [-0.2, -0.15) is 0 Å². The van der Waals surface area contributed by atoms with Gasteiger partial charge < -0.3 is 4.74 Å². The van der Waals surface area contributed by atoms with Gasteiger partial charge in [-0.3, -0.25) is 0 Å². The highest BCUT2D eigenvalue weighted by molar-refractivity contribution is 5.07. The summed E-state index contributed by atoms with van der Waals surface area (Å²) in [5, 5.41) is 0. The van der Waals surface area contributed by atoms with E-state index < -0.39 is 0 Å². The van der Waals surface area contributed by atoms with E-state index in [0.29, 0.717) is 0 Å². The van der Waals surface area contributed by atoms with Crippen LogP contribution in [-0.2, 0) is 4.74 Å². The Balaban J connectivity index is 2.82. The van der Waals surface area contributed by atoms with Crippen molar-refractivity contribution in [1.82, 2.24) is 0 Å². The Bertz CT molecular complexity index is 299. The first kappa shape index (κ1) is 14.5. The summed E-state index contributed by atoms with van der Waals surface area (Å²) >= 11 is 0. The number of hydrogen-bond acceptors (Lipinski definition) is 1. The average Bonchev–Trinajstić information content (AvgIpc) is 2.27. The molecule has 0 fully saturated rings. The minimum atomic E-state index is 0.0111. The van der Waals surface area contributed by atoms with Crippen molar-refractivity contribution in [3.05, 3.63) is 23.8 Å². The first-order valence-electron chi connectivity index (χ1n) is 6.75. The second-order valence-corrected chi connectivity index (χ2v) is 6.36. The lowest BCUT2D eigenvalue weighted by Gasteiger charge is -2.27. The average molecular weight is 236 g/mol. The molecule has 0 aromatic rings. The van der Waals surface area contributed by atoms with E-state index in [1.54, 1.807) is 0 Å². The molecule has 98 valence electrons. The van der Waals surface area contributed by atoms with Gasteiger partial charge in [0, 0.05) is 7.11 Å². The Morgan fingerprint density at radius 1 is 1.18 bits per heavy atom. The maximum Gasteiger partial charge on any atom is 0.0685 e. The van der Waals surface area contributed by atoms with Crippen LogP contribution < -0.4 is 0 Å². The van der Waals surface area contributed by atoms with E-state index in [-0.39, 0.29) is 11.0 Å². The second kappa shape index (κ2) is 5.86. The van der Waals surface area contributed by atoms with Crippen LogP contribution in [0.1, 0.15) is 59.8 Å². The predicted octanol–water partition coefficient (Wildman–Crippen LogP) is 4.88. The standard InChI is InChI=1S/C16H28O/c1-14-8-6-11-16(4,17-5)12-7-10-15(2,3)13-9-14/h7,9-10H,6,8,11-13H2,1-5H3/b10-7-,14-9-. The van der Waals surface area contributed by atoms with Gasteiger partial charge in [-0.25, -0.2) is 0 Å². The molecular weight excluding hydrogens is 208 g/mol. The normalized spacial score (nSPS) is 35.5. The number of allylic oxidation sites excluding steroid dienone is 3. The van der Waals surface area contributed by atoms with E-state index in [1.807, 2.05) is 7.11 Å². The molecule has 1 aliphatic rings. The molecule has 0 bridgehead atoms. The van der Waals surface area contributed by atoms with Gasteiger partial charge >= 0.3 is 0 Å². The number of hydrogen-bond donors (Lipinski definition) is 0. The molecule has 17 heavy (non-hydrogen) atoms. The molecule has 1 rings (SSSR count). The lowest BCUT2D eigenvalue weighted by molar-refractivity contribution is -0.0000689. The summed E-state index contributed by atoms with van der Waals surface area (Å²) in [6.07, 6.45) is 12.8. The lowest BCUT2D eigenvalue weighted by Crippen LogP contribution is -2.26. The summed E-state index contributed by atoms with van der Waals surface area (Å²) in [5.74, 6) is 0. The van der Waals surface area contributed by atoms with Gasteiger partial charge in [0.1, 0.15) is 0 Å². The largest absolute Gasteiger partial charge is 0.378 e. The van der Waals surface area contributed by atoms with E-state index in [2.05, 4.69) is 45.9 Å². The molecule has 0 radical (unpaired) electrons. The summed E-state index contributed by atoms with van der Waals surface area (Å²) in [4.78, 5) is 0. The predicted molar refractivity (Wildman–Crippen MR) is 75.2 cm³/mol. The Kier molecular flexibility index (Phi) is 5.00. The zero-order valence-corrected chi connectivity index (χ0v) is 12.2. The van der Waals surface area contributed by atoms with Crippen molar-refractivity contribution in [3.8, 4) is 0 Å². The Hall–Kier alpha value is -0.560. The molecule has 0 aromatic carbocycles. The first-order valence-corrected chi connectivity index (χ1v) is 6.75. The van der Waals surface area contributed by atoms with Gasteiger partial charge in [0.05, 0.1) is 5.60 Å². The van der Waals surface area contributed by atoms with E-state index in [9.17, 15) is 0 Å². The summed E-state index contributed by atoms with van der Waals surface area (Å²) in [6, 6.07) is 0. The summed E-state index contributed by atoms with van der Waals surface area (Å²) in [7, 11) is 1.83. The molecule has 0 aromatic heterocycles. The molecule has 0 heterocycles. The molecule has 1 nitrogen and oxygen atoms in total. The lowest BCUT2D eigenvalue weighted by atomic mass is 9.87. The molecule has 0 spiro atoms. The molecule has 0 amide bonds. The molecule has 1 heteroatoms. The van der Waals surface area contributed by atoms with Gasteiger partial charge in [0.15, 0.2) is 0 Å². The minimum absolute atomic E-state index is 0.0111. The van der Waals surface area contributed by atoms with Crippen LogP contribution in [0.2, 0.25) is 0 Å². The molecule has 0 saturated carbocycles. The van der Waals surface area contributed by atoms with Crippen LogP contribution in [0.4, 0.5) is 0 Å². The van der Waals surface area contributed by atoms with Crippen molar-refractivity contribution in [2.45, 2.75) is 65.4 Å². The Morgan fingerprint density at radius 2 is 1.88 bits per heavy atom. The topological polar surface area (TPSA) is 9.23 Å². The Labute approximate surface area is 107 Å². The number of ether oxygens (including phenoxy) is 1. The molecule has 0 aliphatic heterocycles. The van der Waals surface area contributed by atoms with Gasteiger partial charge in [0.25, 0.3) is 0 Å². The van der Waals surface area contributed by atoms with Crippen LogP contribution in [0.5, 0.6) is 0 Å². The fourth-order valence-electron chi connectivity index (χ4n) is 2.26. The van der Waals surface area contributed by atoms with Crippen LogP contribution in [0.25, 0.3) is 0 Å². The molecule has 1 atom stereocenters. The maximum absolute atomic E-state index is 5.68. The smallest absolute Gasteiger partial charge is 0.0685 e. The van der Waals surface area contributed by atoms with Crippen LogP contribution in [-0.4, -0.2) is 12.7 Å². The maximum atomic E-state index is 5.68. The molecule has 1 unspecified atom stereocenters. The van der Waals surface area contributed by atoms with Crippen LogP contribution >= 0.6 is 0 Å². The quantitative estimate of drug-likeness (QED) is 0.589. The fraction of sp³-hybridized carbons (Fsp3) is 0.750. The van der Waals surface area contributed by atoms with Crippen molar-refractivity contribution in [3.63, 3.8) is 0 Å². The molecule has 0 N–H and O–H groups in total. The zero-order valence-electron chi connectivity index (χ0n) is 12.2. The van der Waals surface area contributed by atoms with Gasteiger partial charge in [-0.05, 0) is 51.4 Å². The van der Waals surface area contributed by atoms with E-state index in [1.165, 1.54) is 18.4 Å². The van der Waals surface area contributed by atoms with Crippen LogP contribution in [0.15, 0.2) is 23.8 Å². The van der Waals surface area contributed by atoms with Crippen molar-refractivity contribution in [2.24, 2.45) is 5.41 Å². The Morgan fingerprint density at radius 3 is 2.53 bits per heavy atom. The fourth-order valence-corrected chi connectivity index (χ4v) is 2.26. The minimum Gasteiger partial charge on any atom is -0.378 e.